The number of rotatable bonds is 2. The Hall–Kier alpha value is -1.13. The van der Waals surface area contributed by atoms with Crippen molar-refractivity contribution in [2.75, 3.05) is 7.11 Å². The molecular formula is C8H7Cl2NO3. The summed E-state index contributed by atoms with van der Waals surface area (Å²) in [5.41, 5.74) is 2.02. The molecule has 0 bridgehead atoms. The lowest BCUT2D eigenvalue weighted by Gasteiger charge is -2.06. The smallest absolute Gasteiger partial charge is 0.440 e. The second kappa shape index (κ2) is 4.93. The first-order valence-electron chi connectivity index (χ1n) is 3.59. The summed E-state index contributed by atoms with van der Waals surface area (Å²) in [6.07, 6.45) is -0.712. The molecule has 14 heavy (non-hydrogen) atoms. The first-order valence-corrected chi connectivity index (χ1v) is 4.35. The molecule has 4 nitrogen and oxygen atoms in total. The van der Waals surface area contributed by atoms with Gasteiger partial charge in [0.1, 0.15) is 0 Å². The van der Waals surface area contributed by atoms with Crippen LogP contribution in [0.1, 0.15) is 0 Å². The van der Waals surface area contributed by atoms with E-state index in [0.29, 0.717) is 15.8 Å². The van der Waals surface area contributed by atoms with Crippen molar-refractivity contribution in [3.8, 4) is 5.75 Å². The molecule has 0 saturated carbocycles. The van der Waals surface area contributed by atoms with Crippen LogP contribution >= 0.6 is 23.2 Å². The highest BCUT2D eigenvalue weighted by Crippen LogP contribution is 2.26. The molecule has 1 aromatic rings. The van der Waals surface area contributed by atoms with Crippen LogP contribution in [0, 0.1) is 0 Å². The summed E-state index contributed by atoms with van der Waals surface area (Å²) in [4.78, 5) is 15.5. The number of methoxy groups -OCH3 is 1. The summed E-state index contributed by atoms with van der Waals surface area (Å²) in [6, 6.07) is 4.61. The number of amides is 1. The second-order valence-corrected chi connectivity index (χ2v) is 3.11. The Morgan fingerprint density at radius 3 is 2.71 bits per heavy atom. The second-order valence-electron chi connectivity index (χ2n) is 2.27. The van der Waals surface area contributed by atoms with E-state index in [1.165, 1.54) is 19.2 Å². The number of hydrogen-bond donors (Lipinski definition) is 1. The SMILES string of the molecule is COC(=O)NOc1ccc(Cl)cc1Cl. The van der Waals surface area contributed by atoms with E-state index in [9.17, 15) is 4.79 Å². The molecule has 1 N–H and O–H groups in total. The fourth-order valence-corrected chi connectivity index (χ4v) is 1.14. The van der Waals surface area contributed by atoms with Crippen LogP contribution < -0.4 is 10.3 Å². The third kappa shape index (κ3) is 2.97. The minimum absolute atomic E-state index is 0.293. The van der Waals surface area contributed by atoms with E-state index in [1.807, 2.05) is 5.48 Å². The number of hydroxylamine groups is 1. The van der Waals surface area contributed by atoms with Gasteiger partial charge in [0, 0.05) is 5.02 Å². The van der Waals surface area contributed by atoms with Crippen LogP contribution in [0.4, 0.5) is 4.79 Å². The lowest BCUT2D eigenvalue weighted by atomic mass is 10.3. The number of nitrogens with one attached hydrogen (secondary N) is 1. The predicted molar refractivity (Wildman–Crippen MR) is 52.6 cm³/mol. The molecule has 0 unspecified atom stereocenters. The van der Waals surface area contributed by atoms with E-state index in [4.69, 9.17) is 28.0 Å². The van der Waals surface area contributed by atoms with Gasteiger partial charge in [0.05, 0.1) is 12.1 Å². The van der Waals surface area contributed by atoms with Gasteiger partial charge < -0.3 is 9.57 Å². The molecule has 0 fully saturated rings. The van der Waals surface area contributed by atoms with Gasteiger partial charge in [0.25, 0.3) is 0 Å². The van der Waals surface area contributed by atoms with Gasteiger partial charge in [-0.15, -0.1) is 0 Å². The van der Waals surface area contributed by atoms with Gasteiger partial charge in [-0.05, 0) is 18.2 Å². The Labute approximate surface area is 90.7 Å². The van der Waals surface area contributed by atoms with Crippen LogP contribution in [0.25, 0.3) is 0 Å². The summed E-state index contributed by atoms with van der Waals surface area (Å²) < 4.78 is 4.29. The first kappa shape index (κ1) is 10.9. The molecule has 6 heteroatoms. The number of benzene rings is 1. The molecule has 76 valence electrons. The van der Waals surface area contributed by atoms with E-state index in [0.717, 1.165) is 0 Å². The van der Waals surface area contributed by atoms with Crippen molar-refractivity contribution in [2.24, 2.45) is 0 Å². The average molecular weight is 236 g/mol. The molecule has 0 saturated heterocycles. The molecule has 0 heterocycles. The van der Waals surface area contributed by atoms with Crippen molar-refractivity contribution in [2.45, 2.75) is 0 Å². The Morgan fingerprint density at radius 1 is 1.43 bits per heavy atom. The number of ether oxygens (including phenoxy) is 1. The first-order chi connectivity index (χ1) is 6.63. The summed E-state index contributed by atoms with van der Waals surface area (Å²) in [6.45, 7) is 0. The molecule has 0 aromatic heterocycles. The van der Waals surface area contributed by atoms with Crippen LogP contribution in [-0.4, -0.2) is 13.2 Å². The summed E-state index contributed by atoms with van der Waals surface area (Å²) in [5, 5.41) is 0.786. The molecule has 0 radical (unpaired) electrons. The maximum atomic E-state index is 10.6. The summed E-state index contributed by atoms with van der Waals surface area (Å²) in [7, 11) is 1.22. The zero-order valence-electron chi connectivity index (χ0n) is 7.21. The van der Waals surface area contributed by atoms with Gasteiger partial charge >= 0.3 is 6.09 Å². The molecule has 0 aliphatic heterocycles. The molecule has 1 aromatic carbocycles. The third-order valence-corrected chi connectivity index (χ3v) is 1.85. The molecule has 0 aliphatic rings. The predicted octanol–water partition coefficient (Wildman–Crippen LogP) is 2.64. The Balaban J connectivity index is 2.63. The third-order valence-electron chi connectivity index (χ3n) is 1.32. The highest BCUT2D eigenvalue weighted by atomic mass is 35.5. The van der Waals surface area contributed by atoms with Crippen molar-refractivity contribution < 1.29 is 14.4 Å². The zero-order valence-corrected chi connectivity index (χ0v) is 8.72. The molecule has 1 amide bonds. The van der Waals surface area contributed by atoms with E-state index >= 15 is 0 Å². The molecule has 0 atom stereocenters. The molecule has 0 spiro atoms. The number of hydrogen-bond acceptors (Lipinski definition) is 3. The average Bonchev–Trinajstić information content (AvgIpc) is 2.16. The van der Waals surface area contributed by atoms with Gasteiger partial charge in [0.2, 0.25) is 0 Å². The molecule has 0 aliphatic carbocycles. The Morgan fingerprint density at radius 2 is 2.14 bits per heavy atom. The van der Waals surface area contributed by atoms with Gasteiger partial charge in [0.15, 0.2) is 5.75 Å². The minimum Gasteiger partial charge on any atom is -0.451 e. The lowest BCUT2D eigenvalue weighted by Crippen LogP contribution is -2.26. The normalized spacial score (nSPS) is 9.36. The van der Waals surface area contributed by atoms with Gasteiger partial charge in [-0.3, -0.25) is 0 Å². The fraction of sp³-hybridized carbons (Fsp3) is 0.125. The largest absolute Gasteiger partial charge is 0.451 e. The number of halogens is 2. The lowest BCUT2D eigenvalue weighted by molar-refractivity contribution is 0.118. The summed E-state index contributed by atoms with van der Waals surface area (Å²) in [5.74, 6) is 0.293. The standard InChI is InChI=1S/C8H7Cl2NO3/c1-13-8(12)11-14-7-3-2-5(9)4-6(7)10/h2-4H,1H3,(H,11,12). The Bertz CT molecular complexity index is 343. The van der Waals surface area contributed by atoms with Crippen molar-refractivity contribution in [3.05, 3.63) is 28.2 Å². The highest BCUT2D eigenvalue weighted by molar-refractivity contribution is 6.35. The van der Waals surface area contributed by atoms with Gasteiger partial charge in [-0.1, -0.05) is 23.2 Å². The minimum atomic E-state index is -0.712. The topological polar surface area (TPSA) is 47.6 Å². The number of carbonyl (C=O) groups excluding carboxylic acids is 1. The monoisotopic (exact) mass is 235 g/mol. The van der Waals surface area contributed by atoms with E-state index < -0.39 is 6.09 Å². The maximum absolute atomic E-state index is 10.6. The van der Waals surface area contributed by atoms with Crippen LogP contribution in [0.3, 0.4) is 0 Å². The summed E-state index contributed by atoms with van der Waals surface area (Å²) >= 11 is 11.4. The van der Waals surface area contributed by atoms with E-state index in [-0.39, 0.29) is 0 Å². The van der Waals surface area contributed by atoms with Crippen molar-refractivity contribution in [1.29, 1.82) is 0 Å². The van der Waals surface area contributed by atoms with E-state index in [1.54, 1.807) is 6.07 Å². The Kier molecular flexibility index (Phi) is 3.85. The van der Waals surface area contributed by atoms with Gasteiger partial charge in [-0.2, -0.15) is 5.48 Å². The maximum Gasteiger partial charge on any atom is 0.440 e. The van der Waals surface area contributed by atoms with Crippen LogP contribution in [0.5, 0.6) is 5.75 Å². The van der Waals surface area contributed by atoms with Crippen molar-refractivity contribution in [3.63, 3.8) is 0 Å². The molecular weight excluding hydrogens is 229 g/mol. The fourth-order valence-electron chi connectivity index (χ4n) is 0.696. The molecule has 1 rings (SSSR count). The highest BCUT2D eigenvalue weighted by Gasteiger charge is 2.04. The zero-order chi connectivity index (χ0) is 10.6. The van der Waals surface area contributed by atoms with Crippen LogP contribution in [0.15, 0.2) is 18.2 Å². The van der Waals surface area contributed by atoms with Crippen LogP contribution in [0.2, 0.25) is 10.0 Å². The number of carbonyl (C=O) groups is 1. The van der Waals surface area contributed by atoms with Crippen molar-refractivity contribution in [1.82, 2.24) is 5.48 Å². The van der Waals surface area contributed by atoms with Crippen LogP contribution in [-0.2, 0) is 4.74 Å². The van der Waals surface area contributed by atoms with E-state index in [2.05, 4.69) is 4.74 Å². The van der Waals surface area contributed by atoms with Crippen molar-refractivity contribution >= 4 is 29.3 Å². The quantitative estimate of drug-likeness (QED) is 0.803. The van der Waals surface area contributed by atoms with Gasteiger partial charge in [-0.25, -0.2) is 4.79 Å².